The first kappa shape index (κ1) is 13.1. The SMILES string of the molecule is Cc1nn(C)c(NCCc2cnn(C)c2)c1[N+](=O)[O-]. The predicted octanol–water partition coefficient (Wildman–Crippen LogP) is 1.02. The van der Waals surface area contributed by atoms with Gasteiger partial charge in [-0.2, -0.15) is 10.2 Å². The fourth-order valence-electron chi connectivity index (χ4n) is 1.99. The third kappa shape index (κ3) is 2.72. The molecule has 2 aromatic heterocycles. The molecule has 0 saturated heterocycles. The average molecular weight is 264 g/mol. The molecular weight excluding hydrogens is 248 g/mol. The van der Waals surface area contributed by atoms with Crippen LogP contribution in [0, 0.1) is 17.0 Å². The third-order valence-electron chi connectivity index (χ3n) is 2.84. The van der Waals surface area contributed by atoms with E-state index in [0.717, 1.165) is 12.0 Å². The summed E-state index contributed by atoms with van der Waals surface area (Å²) in [6.45, 7) is 2.22. The van der Waals surface area contributed by atoms with Gasteiger partial charge in [0.05, 0.1) is 11.1 Å². The topological polar surface area (TPSA) is 90.8 Å². The van der Waals surface area contributed by atoms with Gasteiger partial charge in [0.2, 0.25) is 5.82 Å². The molecule has 0 aliphatic rings. The van der Waals surface area contributed by atoms with Gasteiger partial charge in [0, 0.05) is 26.8 Å². The maximum absolute atomic E-state index is 11.0. The summed E-state index contributed by atoms with van der Waals surface area (Å²) in [6, 6.07) is 0. The fraction of sp³-hybridized carbons (Fsp3) is 0.455. The van der Waals surface area contributed by atoms with Gasteiger partial charge < -0.3 is 5.32 Å². The molecule has 0 radical (unpaired) electrons. The van der Waals surface area contributed by atoms with Crippen LogP contribution in [0.25, 0.3) is 0 Å². The summed E-state index contributed by atoms with van der Waals surface area (Å²) in [7, 11) is 3.54. The molecule has 0 spiro atoms. The number of nitro groups is 1. The second-order valence-corrected chi connectivity index (χ2v) is 4.36. The molecule has 0 aliphatic heterocycles. The van der Waals surface area contributed by atoms with Crippen LogP contribution in [0.3, 0.4) is 0 Å². The van der Waals surface area contributed by atoms with Gasteiger partial charge in [0.25, 0.3) is 0 Å². The lowest BCUT2D eigenvalue weighted by molar-refractivity contribution is -0.384. The summed E-state index contributed by atoms with van der Waals surface area (Å²) >= 11 is 0. The van der Waals surface area contributed by atoms with Crippen LogP contribution in [-0.2, 0) is 20.5 Å². The highest BCUT2D eigenvalue weighted by atomic mass is 16.6. The van der Waals surface area contributed by atoms with Crippen molar-refractivity contribution in [3.8, 4) is 0 Å². The number of aromatic nitrogens is 4. The van der Waals surface area contributed by atoms with Crippen molar-refractivity contribution >= 4 is 11.5 Å². The quantitative estimate of drug-likeness (QED) is 0.643. The maximum atomic E-state index is 11.0. The Kier molecular flexibility index (Phi) is 3.50. The van der Waals surface area contributed by atoms with Gasteiger partial charge in [-0.05, 0) is 18.9 Å². The first-order valence-corrected chi connectivity index (χ1v) is 5.88. The van der Waals surface area contributed by atoms with E-state index in [1.165, 1.54) is 4.68 Å². The number of hydrogen-bond donors (Lipinski definition) is 1. The Morgan fingerprint density at radius 2 is 2.21 bits per heavy atom. The van der Waals surface area contributed by atoms with Crippen LogP contribution >= 0.6 is 0 Å². The molecule has 2 heterocycles. The summed E-state index contributed by atoms with van der Waals surface area (Å²) in [5, 5.41) is 22.2. The molecule has 0 aromatic carbocycles. The zero-order valence-electron chi connectivity index (χ0n) is 11.1. The molecule has 0 unspecified atom stereocenters. The number of nitrogens with one attached hydrogen (secondary N) is 1. The summed E-state index contributed by atoms with van der Waals surface area (Å²) in [4.78, 5) is 10.6. The maximum Gasteiger partial charge on any atom is 0.333 e. The predicted molar refractivity (Wildman–Crippen MR) is 70.0 cm³/mol. The number of anilines is 1. The van der Waals surface area contributed by atoms with Crippen LogP contribution in [0.15, 0.2) is 12.4 Å². The number of rotatable bonds is 5. The summed E-state index contributed by atoms with van der Waals surface area (Å²) in [6.07, 6.45) is 4.45. The number of hydrogen-bond acceptors (Lipinski definition) is 5. The largest absolute Gasteiger partial charge is 0.364 e. The second-order valence-electron chi connectivity index (χ2n) is 4.36. The van der Waals surface area contributed by atoms with Crippen LogP contribution in [0.4, 0.5) is 11.5 Å². The standard InChI is InChI=1S/C11H16N6O2/c1-8-10(17(18)19)11(16(3)14-8)12-5-4-9-6-13-15(2)7-9/h6-7,12H,4-5H2,1-3H3. The van der Waals surface area contributed by atoms with Gasteiger partial charge >= 0.3 is 5.69 Å². The normalized spacial score (nSPS) is 10.7. The Labute approximate surface area is 110 Å². The Morgan fingerprint density at radius 1 is 1.47 bits per heavy atom. The van der Waals surface area contributed by atoms with Crippen LogP contribution in [0.2, 0.25) is 0 Å². The zero-order chi connectivity index (χ0) is 14.0. The second kappa shape index (κ2) is 5.09. The molecule has 0 atom stereocenters. The van der Waals surface area contributed by atoms with E-state index in [4.69, 9.17) is 0 Å². The van der Waals surface area contributed by atoms with Crippen molar-refractivity contribution in [2.24, 2.45) is 14.1 Å². The summed E-state index contributed by atoms with van der Waals surface area (Å²) in [5.74, 6) is 0.436. The van der Waals surface area contributed by atoms with Crippen molar-refractivity contribution in [2.45, 2.75) is 13.3 Å². The van der Waals surface area contributed by atoms with E-state index >= 15 is 0 Å². The van der Waals surface area contributed by atoms with Gasteiger partial charge in [-0.1, -0.05) is 0 Å². The summed E-state index contributed by atoms with van der Waals surface area (Å²) in [5.41, 5.74) is 1.53. The molecule has 2 rings (SSSR count). The van der Waals surface area contributed by atoms with E-state index in [1.54, 1.807) is 24.9 Å². The van der Waals surface area contributed by atoms with Crippen molar-refractivity contribution < 1.29 is 4.92 Å². The van der Waals surface area contributed by atoms with Gasteiger partial charge in [-0.25, -0.2) is 4.68 Å². The lowest BCUT2D eigenvalue weighted by Crippen LogP contribution is -2.09. The molecule has 0 bridgehead atoms. The minimum Gasteiger partial charge on any atom is -0.364 e. The van der Waals surface area contributed by atoms with Crippen LogP contribution in [0.5, 0.6) is 0 Å². The Bertz CT molecular complexity index is 600. The van der Waals surface area contributed by atoms with Crippen molar-refractivity contribution in [1.29, 1.82) is 0 Å². The fourth-order valence-corrected chi connectivity index (χ4v) is 1.99. The van der Waals surface area contributed by atoms with Gasteiger partial charge in [0.1, 0.15) is 5.69 Å². The molecule has 1 N–H and O–H groups in total. The Balaban J connectivity index is 2.05. The molecule has 0 amide bonds. The highest BCUT2D eigenvalue weighted by Gasteiger charge is 2.23. The first-order chi connectivity index (χ1) is 8.99. The van der Waals surface area contributed by atoms with E-state index in [-0.39, 0.29) is 5.69 Å². The molecule has 19 heavy (non-hydrogen) atoms. The molecule has 102 valence electrons. The Hall–Kier alpha value is -2.38. The van der Waals surface area contributed by atoms with Gasteiger partial charge in [-0.15, -0.1) is 0 Å². The third-order valence-corrected chi connectivity index (χ3v) is 2.84. The molecule has 0 aliphatic carbocycles. The van der Waals surface area contributed by atoms with Crippen LogP contribution in [0.1, 0.15) is 11.3 Å². The van der Waals surface area contributed by atoms with E-state index in [1.807, 2.05) is 13.2 Å². The van der Waals surface area contributed by atoms with Crippen LogP contribution < -0.4 is 5.32 Å². The number of aryl methyl sites for hydroxylation is 3. The zero-order valence-corrected chi connectivity index (χ0v) is 11.1. The molecule has 0 saturated carbocycles. The lowest BCUT2D eigenvalue weighted by Gasteiger charge is -2.04. The van der Waals surface area contributed by atoms with E-state index in [2.05, 4.69) is 15.5 Å². The minimum absolute atomic E-state index is 0.0358. The average Bonchev–Trinajstić information content (AvgIpc) is 2.84. The van der Waals surface area contributed by atoms with Crippen molar-refractivity contribution in [1.82, 2.24) is 19.6 Å². The lowest BCUT2D eigenvalue weighted by atomic mass is 10.2. The van der Waals surface area contributed by atoms with Gasteiger partial charge in [-0.3, -0.25) is 14.8 Å². The highest BCUT2D eigenvalue weighted by Crippen LogP contribution is 2.26. The monoisotopic (exact) mass is 264 g/mol. The molecule has 0 fully saturated rings. The van der Waals surface area contributed by atoms with Gasteiger partial charge in [0.15, 0.2) is 0 Å². The first-order valence-electron chi connectivity index (χ1n) is 5.88. The molecule has 8 heteroatoms. The number of nitrogens with zero attached hydrogens (tertiary/aromatic N) is 5. The molecule has 8 nitrogen and oxygen atoms in total. The van der Waals surface area contributed by atoms with Crippen LogP contribution in [-0.4, -0.2) is 31.0 Å². The van der Waals surface area contributed by atoms with Crippen molar-refractivity contribution in [3.05, 3.63) is 33.8 Å². The minimum atomic E-state index is -0.408. The molecular formula is C11H16N6O2. The smallest absolute Gasteiger partial charge is 0.333 e. The Morgan fingerprint density at radius 3 is 2.79 bits per heavy atom. The van der Waals surface area contributed by atoms with E-state index < -0.39 is 4.92 Å². The van der Waals surface area contributed by atoms with E-state index in [9.17, 15) is 10.1 Å². The van der Waals surface area contributed by atoms with Crippen molar-refractivity contribution in [2.75, 3.05) is 11.9 Å². The summed E-state index contributed by atoms with van der Waals surface area (Å²) < 4.78 is 3.22. The van der Waals surface area contributed by atoms with Crippen molar-refractivity contribution in [3.63, 3.8) is 0 Å². The highest BCUT2D eigenvalue weighted by molar-refractivity contribution is 5.59. The van der Waals surface area contributed by atoms with E-state index in [0.29, 0.717) is 18.1 Å². The molecule has 2 aromatic rings.